The van der Waals surface area contributed by atoms with Crippen molar-refractivity contribution in [2.75, 3.05) is 34.8 Å². The predicted molar refractivity (Wildman–Crippen MR) is 141 cm³/mol. The van der Waals surface area contributed by atoms with Gasteiger partial charge in [-0.1, -0.05) is 41.1 Å². The molecule has 1 aromatic heterocycles. The smallest absolute Gasteiger partial charge is 0.229 e. The van der Waals surface area contributed by atoms with Crippen molar-refractivity contribution in [3.05, 3.63) is 65.1 Å². The maximum atomic E-state index is 12.8. The molecular formula is C27H28BrN5O2. The van der Waals surface area contributed by atoms with Crippen LogP contribution in [0.1, 0.15) is 26.2 Å². The highest BCUT2D eigenvalue weighted by Gasteiger charge is 2.35. The zero-order chi connectivity index (χ0) is 24.4. The van der Waals surface area contributed by atoms with Crippen LogP contribution < -0.4 is 15.1 Å². The molecule has 2 aliphatic rings. The number of anilines is 3. The average molecular weight is 534 g/mol. The number of nitrogens with zero attached hydrogens (tertiary/aromatic N) is 4. The SMILES string of the molecule is CC1CCN(c2ccc(-c3ccc(NC(=O)C4CC(=O)N(c5cccc(Br)c5)C4)cc3)nn2)CC1. The van der Waals surface area contributed by atoms with Crippen molar-refractivity contribution in [3.8, 4) is 11.3 Å². The summed E-state index contributed by atoms with van der Waals surface area (Å²) >= 11 is 3.44. The van der Waals surface area contributed by atoms with Crippen LogP contribution in [0.15, 0.2) is 65.1 Å². The summed E-state index contributed by atoms with van der Waals surface area (Å²) in [5, 5.41) is 11.8. The van der Waals surface area contributed by atoms with Gasteiger partial charge in [0.2, 0.25) is 11.8 Å². The third kappa shape index (κ3) is 5.37. The van der Waals surface area contributed by atoms with Gasteiger partial charge in [0.25, 0.3) is 0 Å². The molecule has 3 aromatic rings. The van der Waals surface area contributed by atoms with Crippen LogP contribution in [0, 0.1) is 11.8 Å². The molecule has 8 heteroatoms. The number of amides is 2. The van der Waals surface area contributed by atoms with Gasteiger partial charge >= 0.3 is 0 Å². The van der Waals surface area contributed by atoms with Crippen molar-refractivity contribution in [3.63, 3.8) is 0 Å². The standard InChI is InChI=1S/C27H28BrN5O2/c1-18-11-13-32(14-12-18)25-10-9-24(30-31-25)19-5-7-22(8-6-19)29-27(35)20-15-26(34)33(17-20)23-4-2-3-21(28)16-23/h2-10,16,18,20H,11-15,17H2,1H3,(H,29,35). The maximum Gasteiger partial charge on any atom is 0.229 e. The predicted octanol–water partition coefficient (Wildman–Crippen LogP) is 5.13. The van der Waals surface area contributed by atoms with Crippen LogP contribution in [0.5, 0.6) is 0 Å². The van der Waals surface area contributed by atoms with E-state index in [0.717, 1.165) is 46.2 Å². The number of halogens is 1. The Morgan fingerprint density at radius 2 is 1.80 bits per heavy atom. The molecule has 0 spiro atoms. The fourth-order valence-electron chi connectivity index (χ4n) is 4.63. The van der Waals surface area contributed by atoms with Crippen molar-refractivity contribution in [1.82, 2.24) is 10.2 Å². The molecular weight excluding hydrogens is 506 g/mol. The number of carbonyl (C=O) groups is 2. The molecule has 2 aliphatic heterocycles. The lowest BCUT2D eigenvalue weighted by Gasteiger charge is -2.30. The Kier molecular flexibility index (Phi) is 6.81. The van der Waals surface area contributed by atoms with Crippen molar-refractivity contribution in [2.24, 2.45) is 11.8 Å². The van der Waals surface area contributed by atoms with Gasteiger partial charge in [0.1, 0.15) is 0 Å². The van der Waals surface area contributed by atoms with Crippen molar-refractivity contribution >= 4 is 44.9 Å². The highest BCUT2D eigenvalue weighted by molar-refractivity contribution is 9.10. The molecule has 1 atom stereocenters. The van der Waals surface area contributed by atoms with E-state index in [2.05, 4.69) is 43.3 Å². The zero-order valence-corrected chi connectivity index (χ0v) is 21.2. The molecule has 35 heavy (non-hydrogen) atoms. The van der Waals surface area contributed by atoms with E-state index < -0.39 is 5.92 Å². The van der Waals surface area contributed by atoms with Gasteiger partial charge in [-0.05, 0) is 61.2 Å². The molecule has 2 amide bonds. The van der Waals surface area contributed by atoms with Crippen LogP contribution in [0.3, 0.4) is 0 Å². The molecule has 1 N–H and O–H groups in total. The molecule has 0 aliphatic carbocycles. The minimum atomic E-state index is -0.391. The van der Waals surface area contributed by atoms with E-state index in [1.807, 2.05) is 60.7 Å². The van der Waals surface area contributed by atoms with Gasteiger partial charge in [-0.3, -0.25) is 9.59 Å². The van der Waals surface area contributed by atoms with Crippen molar-refractivity contribution in [2.45, 2.75) is 26.2 Å². The van der Waals surface area contributed by atoms with Gasteiger partial charge in [0, 0.05) is 47.5 Å². The first-order chi connectivity index (χ1) is 17.0. The normalized spacial score (nSPS) is 18.7. The largest absolute Gasteiger partial charge is 0.355 e. The summed E-state index contributed by atoms with van der Waals surface area (Å²) in [5.41, 5.74) is 3.22. The quantitative estimate of drug-likeness (QED) is 0.491. The number of rotatable bonds is 5. The van der Waals surface area contributed by atoms with Crippen LogP contribution >= 0.6 is 15.9 Å². The lowest BCUT2D eigenvalue weighted by molar-refractivity contribution is -0.122. The molecule has 2 aromatic carbocycles. The molecule has 0 radical (unpaired) electrons. The zero-order valence-electron chi connectivity index (χ0n) is 19.7. The molecule has 7 nitrogen and oxygen atoms in total. The second-order valence-electron chi connectivity index (χ2n) is 9.40. The second-order valence-corrected chi connectivity index (χ2v) is 10.3. The highest BCUT2D eigenvalue weighted by Crippen LogP contribution is 2.29. The number of aromatic nitrogens is 2. The number of nitrogens with one attached hydrogen (secondary N) is 1. The van der Waals surface area contributed by atoms with Crippen LogP contribution in [0.2, 0.25) is 0 Å². The van der Waals surface area contributed by atoms with Crippen molar-refractivity contribution in [1.29, 1.82) is 0 Å². The molecule has 2 saturated heterocycles. The summed E-state index contributed by atoms with van der Waals surface area (Å²) < 4.78 is 0.899. The first-order valence-corrected chi connectivity index (χ1v) is 12.8. The summed E-state index contributed by atoms with van der Waals surface area (Å²) in [7, 11) is 0. The Balaban J connectivity index is 1.19. The summed E-state index contributed by atoms with van der Waals surface area (Å²) in [6.07, 6.45) is 2.58. The second kappa shape index (κ2) is 10.2. The molecule has 0 saturated carbocycles. The topological polar surface area (TPSA) is 78.4 Å². The Labute approximate surface area is 213 Å². The number of benzene rings is 2. The first-order valence-electron chi connectivity index (χ1n) is 12.0. The van der Waals surface area contributed by atoms with Crippen LogP contribution in [-0.2, 0) is 9.59 Å². The monoisotopic (exact) mass is 533 g/mol. The molecule has 3 heterocycles. The Morgan fingerprint density at radius 3 is 2.49 bits per heavy atom. The summed E-state index contributed by atoms with van der Waals surface area (Å²) in [4.78, 5) is 29.3. The molecule has 2 fully saturated rings. The van der Waals surface area contributed by atoms with E-state index in [4.69, 9.17) is 0 Å². The fourth-order valence-corrected chi connectivity index (χ4v) is 5.02. The Hall–Kier alpha value is -3.26. The van der Waals surface area contributed by atoms with E-state index in [1.165, 1.54) is 12.8 Å². The van der Waals surface area contributed by atoms with E-state index in [-0.39, 0.29) is 18.2 Å². The number of carbonyl (C=O) groups excluding carboxylic acids is 2. The third-order valence-corrected chi connectivity index (χ3v) is 7.32. The molecule has 5 rings (SSSR count). The maximum absolute atomic E-state index is 12.8. The van der Waals surface area contributed by atoms with Gasteiger partial charge < -0.3 is 15.1 Å². The molecule has 180 valence electrons. The van der Waals surface area contributed by atoms with Gasteiger partial charge in [-0.15, -0.1) is 10.2 Å². The summed E-state index contributed by atoms with van der Waals surface area (Å²) in [6.45, 7) is 4.72. The van der Waals surface area contributed by atoms with E-state index in [0.29, 0.717) is 12.2 Å². The minimum Gasteiger partial charge on any atom is -0.355 e. The third-order valence-electron chi connectivity index (χ3n) is 6.82. The number of hydrogen-bond donors (Lipinski definition) is 1. The van der Waals surface area contributed by atoms with E-state index >= 15 is 0 Å². The fraction of sp³-hybridized carbons (Fsp3) is 0.333. The lowest BCUT2D eigenvalue weighted by Crippen LogP contribution is -2.33. The first kappa shape index (κ1) is 23.5. The highest BCUT2D eigenvalue weighted by atomic mass is 79.9. The van der Waals surface area contributed by atoms with Crippen LogP contribution in [0.4, 0.5) is 17.2 Å². The average Bonchev–Trinajstić information content (AvgIpc) is 3.27. The minimum absolute atomic E-state index is 0.0420. The van der Waals surface area contributed by atoms with Gasteiger partial charge in [-0.25, -0.2) is 0 Å². The lowest BCUT2D eigenvalue weighted by atomic mass is 9.99. The Bertz CT molecular complexity index is 1210. The molecule has 1 unspecified atom stereocenters. The van der Waals surface area contributed by atoms with E-state index in [1.54, 1.807) is 4.90 Å². The van der Waals surface area contributed by atoms with Gasteiger partial charge in [0.05, 0.1) is 11.6 Å². The summed E-state index contributed by atoms with van der Waals surface area (Å²) in [6, 6.07) is 19.2. The number of piperidine rings is 1. The summed E-state index contributed by atoms with van der Waals surface area (Å²) in [5.74, 6) is 1.12. The van der Waals surface area contributed by atoms with Crippen molar-refractivity contribution < 1.29 is 9.59 Å². The van der Waals surface area contributed by atoms with Gasteiger partial charge in [-0.2, -0.15) is 0 Å². The van der Waals surface area contributed by atoms with Crippen LogP contribution in [0.25, 0.3) is 11.3 Å². The Morgan fingerprint density at radius 1 is 1.03 bits per heavy atom. The van der Waals surface area contributed by atoms with Gasteiger partial charge in [0.15, 0.2) is 5.82 Å². The van der Waals surface area contributed by atoms with E-state index in [9.17, 15) is 9.59 Å². The molecule has 0 bridgehead atoms. The van der Waals surface area contributed by atoms with Crippen LogP contribution in [-0.4, -0.2) is 41.6 Å². The number of hydrogen-bond acceptors (Lipinski definition) is 5.